The summed E-state index contributed by atoms with van der Waals surface area (Å²) in [7, 11) is 0. The van der Waals surface area contributed by atoms with E-state index >= 15 is 0 Å². The van der Waals surface area contributed by atoms with Gasteiger partial charge < -0.3 is 16.2 Å². The fourth-order valence-corrected chi connectivity index (χ4v) is 2.49. The van der Waals surface area contributed by atoms with Crippen molar-refractivity contribution in [1.29, 1.82) is 0 Å². The Balaban J connectivity index is 3.39. The summed E-state index contributed by atoms with van der Waals surface area (Å²) in [6.45, 7) is 4.37. The average molecular weight is 389 g/mol. The first kappa shape index (κ1) is 22.3. The van der Waals surface area contributed by atoms with E-state index in [1.807, 2.05) is 0 Å². The maximum Gasteiger partial charge on any atom is 0.416 e. The topological polar surface area (TPSA) is 113 Å². The van der Waals surface area contributed by atoms with Crippen LogP contribution in [0.25, 0.3) is 0 Å². The van der Waals surface area contributed by atoms with E-state index in [2.05, 4.69) is 5.32 Å². The lowest BCUT2D eigenvalue weighted by Gasteiger charge is -2.39. The fourth-order valence-electron chi connectivity index (χ4n) is 2.49. The zero-order valence-corrected chi connectivity index (χ0v) is 15.1. The maximum absolute atomic E-state index is 13.0. The number of nitrogens with one attached hydrogen (secondary N) is 1. The van der Waals surface area contributed by atoms with Crippen molar-refractivity contribution in [2.45, 2.75) is 44.9 Å². The molecule has 0 radical (unpaired) electrons. The van der Waals surface area contributed by atoms with Crippen LogP contribution in [0, 0.1) is 0 Å². The third-order valence-corrected chi connectivity index (χ3v) is 3.64. The predicted molar refractivity (Wildman–Crippen MR) is 90.6 cm³/mol. The number of carboxylic acid groups (broad SMARTS) is 1. The number of amides is 3. The summed E-state index contributed by atoms with van der Waals surface area (Å²) in [5.41, 5.74) is 2.75. The van der Waals surface area contributed by atoms with Crippen LogP contribution in [0.3, 0.4) is 0 Å². The van der Waals surface area contributed by atoms with Crippen molar-refractivity contribution < 1.29 is 32.7 Å². The van der Waals surface area contributed by atoms with Gasteiger partial charge >= 0.3 is 12.3 Å². The lowest BCUT2D eigenvalue weighted by molar-refractivity contribution is -0.138. The molecule has 1 atom stereocenters. The van der Waals surface area contributed by atoms with Crippen molar-refractivity contribution in [2.75, 3.05) is 6.54 Å². The minimum Gasteiger partial charge on any atom is -0.465 e. The molecule has 1 aromatic rings. The van der Waals surface area contributed by atoms with Crippen LogP contribution in [0.5, 0.6) is 0 Å². The molecule has 0 aliphatic carbocycles. The maximum atomic E-state index is 13.0. The van der Waals surface area contributed by atoms with Crippen molar-refractivity contribution in [1.82, 2.24) is 10.2 Å². The highest BCUT2D eigenvalue weighted by molar-refractivity contribution is 5.87. The molecule has 10 heteroatoms. The summed E-state index contributed by atoms with van der Waals surface area (Å²) < 4.78 is 39.1. The Hall–Kier alpha value is -2.78. The van der Waals surface area contributed by atoms with Crippen LogP contribution in [0.4, 0.5) is 18.0 Å². The minimum absolute atomic E-state index is 0.140. The van der Waals surface area contributed by atoms with Gasteiger partial charge in [0.15, 0.2) is 0 Å². The molecule has 1 rings (SSSR count). The zero-order valence-electron chi connectivity index (χ0n) is 15.1. The van der Waals surface area contributed by atoms with E-state index in [9.17, 15) is 32.7 Å². The second-order valence-corrected chi connectivity index (χ2v) is 6.86. The molecule has 0 aromatic heterocycles. The molecule has 0 heterocycles. The number of hydrogen-bond donors (Lipinski definition) is 3. The highest BCUT2D eigenvalue weighted by Crippen LogP contribution is 2.34. The third-order valence-electron chi connectivity index (χ3n) is 3.64. The number of hydrogen-bond acceptors (Lipinski definition) is 3. The van der Waals surface area contributed by atoms with Crippen LogP contribution in [0.15, 0.2) is 24.3 Å². The second-order valence-electron chi connectivity index (χ2n) is 6.86. The van der Waals surface area contributed by atoms with Gasteiger partial charge in [-0.15, -0.1) is 0 Å². The van der Waals surface area contributed by atoms with Gasteiger partial charge in [0.1, 0.15) is 6.04 Å². The highest BCUT2D eigenvalue weighted by Gasteiger charge is 2.40. The molecule has 1 aromatic carbocycles. The molecule has 0 saturated carbocycles. The summed E-state index contributed by atoms with van der Waals surface area (Å²) in [6.07, 6.45) is -6.32. The number of carbonyl (C=O) groups excluding carboxylic acids is 2. The lowest BCUT2D eigenvalue weighted by atomic mass is 9.96. The van der Waals surface area contributed by atoms with Crippen LogP contribution in [0.1, 0.15) is 44.4 Å². The number of carbonyl (C=O) groups is 3. The van der Waals surface area contributed by atoms with Crippen molar-refractivity contribution >= 4 is 17.9 Å². The van der Waals surface area contributed by atoms with E-state index in [0.29, 0.717) is 0 Å². The zero-order chi connectivity index (χ0) is 21.0. The second kappa shape index (κ2) is 8.28. The van der Waals surface area contributed by atoms with Gasteiger partial charge in [0.25, 0.3) is 0 Å². The van der Waals surface area contributed by atoms with E-state index in [1.165, 1.54) is 26.8 Å². The van der Waals surface area contributed by atoms with Crippen LogP contribution < -0.4 is 11.1 Å². The number of nitrogens with zero attached hydrogens (tertiary/aromatic N) is 1. The smallest absolute Gasteiger partial charge is 0.416 e. The molecule has 0 aliphatic rings. The van der Waals surface area contributed by atoms with Crippen molar-refractivity contribution in [3.63, 3.8) is 0 Å². The highest BCUT2D eigenvalue weighted by atomic mass is 19.4. The van der Waals surface area contributed by atoms with Gasteiger partial charge in [0.05, 0.1) is 5.56 Å². The number of primary amides is 1. The van der Waals surface area contributed by atoms with Gasteiger partial charge in [0.2, 0.25) is 11.8 Å². The summed E-state index contributed by atoms with van der Waals surface area (Å²) in [5, 5.41) is 11.9. The van der Waals surface area contributed by atoms with Gasteiger partial charge in [-0.1, -0.05) is 12.1 Å². The molecular formula is C17H22F3N3O4. The Morgan fingerprint density at radius 2 is 1.81 bits per heavy atom. The van der Waals surface area contributed by atoms with E-state index in [0.717, 1.165) is 23.1 Å². The van der Waals surface area contributed by atoms with Gasteiger partial charge in [-0.05, 0) is 38.5 Å². The molecular weight excluding hydrogens is 367 g/mol. The van der Waals surface area contributed by atoms with Crippen molar-refractivity contribution in [3.05, 3.63) is 35.4 Å². The first-order chi connectivity index (χ1) is 12.2. The molecule has 0 aliphatic heterocycles. The van der Waals surface area contributed by atoms with E-state index < -0.39 is 41.2 Å². The molecule has 4 N–H and O–H groups in total. The van der Waals surface area contributed by atoms with Crippen LogP contribution >= 0.6 is 0 Å². The van der Waals surface area contributed by atoms with Crippen molar-refractivity contribution in [3.8, 4) is 0 Å². The van der Waals surface area contributed by atoms with Crippen LogP contribution in [-0.2, 0) is 15.8 Å². The Morgan fingerprint density at radius 1 is 1.22 bits per heavy atom. The van der Waals surface area contributed by atoms with Gasteiger partial charge in [0, 0.05) is 18.5 Å². The van der Waals surface area contributed by atoms with E-state index in [-0.39, 0.29) is 18.5 Å². The number of alkyl halides is 3. The molecule has 0 fully saturated rings. The lowest BCUT2D eigenvalue weighted by Crippen LogP contribution is -2.52. The standard InChI is InChI=1S/C17H22F3N3O4/c1-16(2,3)23(15(26)27)13(14(25)22-8-7-12(21)24)10-5-4-6-11(9-10)17(18,19)20/h4-6,9,13H,7-8H2,1-3H3,(H2,21,24)(H,22,25)(H,26,27). The Labute approximate surface area is 154 Å². The first-order valence-corrected chi connectivity index (χ1v) is 8.00. The third kappa shape index (κ3) is 6.15. The van der Waals surface area contributed by atoms with E-state index in [1.54, 1.807) is 0 Å². The predicted octanol–water partition coefficient (Wildman–Crippen LogP) is 2.52. The molecule has 0 bridgehead atoms. The molecule has 0 spiro atoms. The van der Waals surface area contributed by atoms with Gasteiger partial charge in [-0.2, -0.15) is 13.2 Å². The van der Waals surface area contributed by atoms with Crippen molar-refractivity contribution in [2.24, 2.45) is 5.73 Å². The van der Waals surface area contributed by atoms with Gasteiger partial charge in [-0.25, -0.2) is 4.79 Å². The molecule has 1 unspecified atom stereocenters. The summed E-state index contributed by atoms with van der Waals surface area (Å²) in [4.78, 5) is 36.0. The molecule has 27 heavy (non-hydrogen) atoms. The molecule has 150 valence electrons. The summed E-state index contributed by atoms with van der Waals surface area (Å²) in [6, 6.07) is 2.37. The van der Waals surface area contributed by atoms with E-state index in [4.69, 9.17) is 5.73 Å². The normalized spacial score (nSPS) is 13.0. The summed E-state index contributed by atoms with van der Waals surface area (Å²) in [5.74, 6) is -1.54. The first-order valence-electron chi connectivity index (χ1n) is 8.00. The average Bonchev–Trinajstić information content (AvgIpc) is 2.49. The minimum atomic E-state index is -4.65. The molecule has 3 amide bonds. The molecule has 0 saturated heterocycles. The number of halogens is 3. The van der Waals surface area contributed by atoms with Crippen LogP contribution in [-0.4, -0.2) is 40.0 Å². The SMILES string of the molecule is CC(C)(C)N(C(=O)O)C(C(=O)NCCC(N)=O)c1cccc(C(F)(F)F)c1. The fraction of sp³-hybridized carbons (Fsp3) is 0.471. The molecule has 7 nitrogen and oxygen atoms in total. The Morgan fingerprint density at radius 3 is 2.26 bits per heavy atom. The Kier molecular flexibility index (Phi) is 6.82. The van der Waals surface area contributed by atoms with Crippen LogP contribution in [0.2, 0.25) is 0 Å². The summed E-state index contributed by atoms with van der Waals surface area (Å²) >= 11 is 0. The number of rotatable bonds is 6. The number of nitrogens with two attached hydrogens (primary N) is 1. The largest absolute Gasteiger partial charge is 0.465 e. The van der Waals surface area contributed by atoms with Gasteiger partial charge in [-0.3, -0.25) is 14.5 Å². The quantitative estimate of drug-likeness (QED) is 0.694. The number of benzene rings is 1. The Bertz CT molecular complexity index is 714. The monoisotopic (exact) mass is 389 g/mol.